The number of anilines is 1. The summed E-state index contributed by atoms with van der Waals surface area (Å²) in [7, 11) is 0. The summed E-state index contributed by atoms with van der Waals surface area (Å²) in [5, 5.41) is 6.20. The zero-order chi connectivity index (χ0) is 11.9. The highest BCUT2D eigenvalue weighted by molar-refractivity contribution is 7.09. The van der Waals surface area contributed by atoms with Gasteiger partial charge in [-0.1, -0.05) is 6.07 Å². The Morgan fingerprint density at radius 2 is 2.29 bits per heavy atom. The van der Waals surface area contributed by atoms with Gasteiger partial charge in [0.25, 0.3) is 0 Å². The molecule has 0 unspecified atom stereocenters. The first-order valence-electron chi connectivity index (χ1n) is 5.73. The summed E-state index contributed by atoms with van der Waals surface area (Å²) in [5.74, 6) is 0.573. The monoisotopic (exact) mass is 251 g/mol. The van der Waals surface area contributed by atoms with E-state index in [9.17, 15) is 0 Å². The van der Waals surface area contributed by atoms with Crippen LogP contribution in [-0.2, 0) is 17.7 Å². The largest absolute Gasteiger partial charge is 0.382 e. The highest BCUT2D eigenvalue weighted by atomic mass is 32.1. The summed E-state index contributed by atoms with van der Waals surface area (Å²) >= 11 is 1.78. The average molecular weight is 251 g/mol. The maximum absolute atomic E-state index is 5.57. The molecule has 0 fully saturated rings. The number of aryl methyl sites for hydroxylation is 1. The number of hydrogen-bond acceptors (Lipinski definition) is 4. The standard InChI is InChI=1S/C12H17N3OS/c13-12-4-7-15(14-12)6-2-8-16-9-5-11-3-1-10-17-11/h1,3-4,7,10H,2,5-6,8-9H2,(H2,13,14). The van der Waals surface area contributed by atoms with Crippen LogP contribution in [0, 0.1) is 0 Å². The Labute approximate surface area is 105 Å². The van der Waals surface area contributed by atoms with Crippen LogP contribution in [0.4, 0.5) is 5.82 Å². The van der Waals surface area contributed by atoms with Crippen molar-refractivity contribution in [2.24, 2.45) is 0 Å². The minimum Gasteiger partial charge on any atom is -0.382 e. The Hall–Kier alpha value is -1.33. The van der Waals surface area contributed by atoms with Crippen LogP contribution in [0.2, 0.25) is 0 Å². The Balaban J connectivity index is 1.52. The fourth-order valence-electron chi connectivity index (χ4n) is 1.56. The van der Waals surface area contributed by atoms with Crippen molar-refractivity contribution in [1.29, 1.82) is 0 Å². The number of aromatic nitrogens is 2. The van der Waals surface area contributed by atoms with Crippen LogP contribution in [0.3, 0.4) is 0 Å². The molecule has 2 N–H and O–H groups in total. The van der Waals surface area contributed by atoms with Crippen molar-refractivity contribution >= 4 is 17.2 Å². The summed E-state index contributed by atoms with van der Waals surface area (Å²) in [6.07, 6.45) is 3.86. The second kappa shape index (κ2) is 6.42. The van der Waals surface area contributed by atoms with Crippen LogP contribution in [-0.4, -0.2) is 23.0 Å². The van der Waals surface area contributed by atoms with Gasteiger partial charge in [0.1, 0.15) is 5.82 Å². The van der Waals surface area contributed by atoms with Crippen LogP contribution >= 0.6 is 11.3 Å². The summed E-state index contributed by atoms with van der Waals surface area (Å²) in [6, 6.07) is 6.01. The molecule has 0 radical (unpaired) electrons. The van der Waals surface area contributed by atoms with E-state index in [1.807, 2.05) is 10.9 Å². The molecule has 0 bridgehead atoms. The van der Waals surface area contributed by atoms with Gasteiger partial charge in [-0.05, 0) is 23.9 Å². The third-order valence-electron chi connectivity index (χ3n) is 2.41. The molecule has 4 nitrogen and oxygen atoms in total. The number of ether oxygens (including phenoxy) is 1. The maximum Gasteiger partial charge on any atom is 0.145 e. The molecular formula is C12H17N3OS. The number of nitrogens with two attached hydrogens (primary N) is 1. The van der Waals surface area contributed by atoms with Gasteiger partial charge >= 0.3 is 0 Å². The van der Waals surface area contributed by atoms with Crippen LogP contribution in [0.1, 0.15) is 11.3 Å². The summed E-state index contributed by atoms with van der Waals surface area (Å²) in [5.41, 5.74) is 5.52. The van der Waals surface area contributed by atoms with Gasteiger partial charge in [0.2, 0.25) is 0 Å². The van der Waals surface area contributed by atoms with Gasteiger partial charge in [0, 0.05) is 30.6 Å². The SMILES string of the molecule is Nc1ccn(CCCOCCc2cccs2)n1. The third-order valence-corrected chi connectivity index (χ3v) is 3.35. The van der Waals surface area contributed by atoms with Gasteiger partial charge in [0.15, 0.2) is 0 Å². The van der Waals surface area contributed by atoms with E-state index >= 15 is 0 Å². The highest BCUT2D eigenvalue weighted by Gasteiger charge is 1.96. The topological polar surface area (TPSA) is 53.1 Å². The van der Waals surface area contributed by atoms with E-state index in [2.05, 4.69) is 22.6 Å². The average Bonchev–Trinajstić information content (AvgIpc) is 2.95. The van der Waals surface area contributed by atoms with Gasteiger partial charge < -0.3 is 10.5 Å². The van der Waals surface area contributed by atoms with E-state index in [-0.39, 0.29) is 0 Å². The van der Waals surface area contributed by atoms with Crippen molar-refractivity contribution in [3.8, 4) is 0 Å². The normalized spacial score (nSPS) is 10.8. The zero-order valence-corrected chi connectivity index (χ0v) is 10.5. The molecule has 0 atom stereocenters. The van der Waals surface area contributed by atoms with Gasteiger partial charge in [-0.2, -0.15) is 5.10 Å². The Morgan fingerprint density at radius 1 is 1.35 bits per heavy atom. The Kier molecular flexibility index (Phi) is 4.58. The molecule has 0 spiro atoms. The van der Waals surface area contributed by atoms with Gasteiger partial charge in [-0.3, -0.25) is 4.68 Å². The van der Waals surface area contributed by atoms with E-state index in [1.165, 1.54) is 4.88 Å². The Morgan fingerprint density at radius 3 is 3.00 bits per heavy atom. The van der Waals surface area contributed by atoms with Crippen molar-refractivity contribution in [3.63, 3.8) is 0 Å². The van der Waals surface area contributed by atoms with Crippen LogP contribution in [0.15, 0.2) is 29.8 Å². The van der Waals surface area contributed by atoms with Crippen LogP contribution in [0.25, 0.3) is 0 Å². The molecule has 0 saturated heterocycles. The van der Waals surface area contributed by atoms with Crippen molar-refractivity contribution in [3.05, 3.63) is 34.7 Å². The minimum atomic E-state index is 0.573. The van der Waals surface area contributed by atoms with E-state index in [4.69, 9.17) is 10.5 Å². The molecule has 2 aromatic rings. The van der Waals surface area contributed by atoms with Crippen LogP contribution < -0.4 is 5.73 Å². The fourth-order valence-corrected chi connectivity index (χ4v) is 2.25. The molecule has 0 saturated carbocycles. The summed E-state index contributed by atoms with van der Waals surface area (Å²) in [4.78, 5) is 1.38. The molecule has 5 heteroatoms. The lowest BCUT2D eigenvalue weighted by molar-refractivity contribution is 0.131. The van der Waals surface area contributed by atoms with Gasteiger partial charge in [0.05, 0.1) is 6.61 Å². The second-order valence-corrected chi connectivity index (χ2v) is 4.83. The second-order valence-electron chi connectivity index (χ2n) is 3.80. The minimum absolute atomic E-state index is 0.573. The smallest absolute Gasteiger partial charge is 0.145 e. The molecular weight excluding hydrogens is 234 g/mol. The zero-order valence-electron chi connectivity index (χ0n) is 9.71. The maximum atomic E-state index is 5.57. The number of nitrogen functional groups attached to an aromatic ring is 1. The Bertz CT molecular complexity index is 425. The molecule has 17 heavy (non-hydrogen) atoms. The van der Waals surface area contributed by atoms with Crippen molar-refractivity contribution in [2.75, 3.05) is 18.9 Å². The van der Waals surface area contributed by atoms with Crippen molar-refractivity contribution < 1.29 is 4.74 Å². The first-order chi connectivity index (χ1) is 8.34. The summed E-state index contributed by atoms with van der Waals surface area (Å²) < 4.78 is 7.41. The van der Waals surface area contributed by atoms with E-state index in [0.29, 0.717) is 5.82 Å². The number of thiophene rings is 1. The lowest BCUT2D eigenvalue weighted by atomic mass is 10.4. The highest BCUT2D eigenvalue weighted by Crippen LogP contribution is 2.08. The number of nitrogens with zero attached hydrogens (tertiary/aromatic N) is 2. The summed E-state index contributed by atoms with van der Waals surface area (Å²) in [6.45, 7) is 2.42. The lowest BCUT2D eigenvalue weighted by Crippen LogP contribution is -2.05. The first-order valence-corrected chi connectivity index (χ1v) is 6.61. The third kappa shape index (κ3) is 4.20. The molecule has 0 aliphatic carbocycles. The van der Waals surface area contributed by atoms with Gasteiger partial charge in [-0.15, -0.1) is 11.3 Å². The van der Waals surface area contributed by atoms with E-state index in [1.54, 1.807) is 17.4 Å². The molecule has 92 valence electrons. The molecule has 0 amide bonds. The van der Waals surface area contributed by atoms with E-state index in [0.717, 1.165) is 32.6 Å². The molecule has 0 aliphatic rings. The molecule has 2 heterocycles. The van der Waals surface area contributed by atoms with Gasteiger partial charge in [-0.25, -0.2) is 0 Å². The molecule has 0 aliphatic heterocycles. The number of hydrogen-bond donors (Lipinski definition) is 1. The lowest BCUT2D eigenvalue weighted by Gasteiger charge is -2.03. The first kappa shape index (κ1) is 12.1. The fraction of sp³-hybridized carbons (Fsp3) is 0.417. The van der Waals surface area contributed by atoms with E-state index < -0.39 is 0 Å². The predicted octanol–water partition coefficient (Wildman–Crippen LogP) is 2.18. The van der Waals surface area contributed by atoms with Crippen molar-refractivity contribution in [1.82, 2.24) is 9.78 Å². The van der Waals surface area contributed by atoms with Crippen molar-refractivity contribution in [2.45, 2.75) is 19.4 Å². The predicted molar refractivity (Wildman–Crippen MR) is 70.1 cm³/mol. The molecule has 2 rings (SSSR count). The quantitative estimate of drug-likeness (QED) is 0.767. The molecule has 0 aromatic carbocycles. The molecule has 2 aromatic heterocycles. The number of rotatable bonds is 7. The van der Waals surface area contributed by atoms with Crippen LogP contribution in [0.5, 0.6) is 0 Å².